The molecule has 0 spiro atoms. The molecule has 2 aromatic heterocycles. The molecule has 1 saturated heterocycles. The van der Waals surface area contributed by atoms with Gasteiger partial charge in [0, 0.05) is 25.6 Å². The SMILES string of the molecule is O=C(N[C@@H]1CCOC[C@H]1OCC1CCC1)c1cnc2ccccn2c1=O. The minimum atomic E-state index is -0.412. The Morgan fingerprint density at radius 1 is 1.35 bits per heavy atom. The van der Waals surface area contributed by atoms with Crippen LogP contribution in [0.25, 0.3) is 5.65 Å². The highest BCUT2D eigenvalue weighted by Gasteiger charge is 2.30. The molecule has 2 aromatic rings. The van der Waals surface area contributed by atoms with Crippen LogP contribution in [0.15, 0.2) is 35.4 Å². The van der Waals surface area contributed by atoms with Gasteiger partial charge in [-0.2, -0.15) is 0 Å². The maximum atomic E-state index is 12.7. The number of ether oxygens (including phenoxy) is 2. The second kappa shape index (κ2) is 7.55. The fourth-order valence-electron chi connectivity index (χ4n) is 3.39. The number of hydrogen-bond acceptors (Lipinski definition) is 5. The highest BCUT2D eigenvalue weighted by Crippen LogP contribution is 2.27. The Balaban J connectivity index is 1.47. The van der Waals surface area contributed by atoms with Gasteiger partial charge in [0.25, 0.3) is 11.5 Å². The Kier molecular flexibility index (Phi) is 4.99. The van der Waals surface area contributed by atoms with E-state index in [2.05, 4.69) is 10.3 Å². The molecule has 4 rings (SSSR count). The van der Waals surface area contributed by atoms with Crippen LogP contribution in [0.2, 0.25) is 0 Å². The highest BCUT2D eigenvalue weighted by atomic mass is 16.5. The van der Waals surface area contributed by atoms with Crippen molar-refractivity contribution >= 4 is 11.6 Å². The van der Waals surface area contributed by atoms with Crippen LogP contribution in [0, 0.1) is 5.92 Å². The molecule has 2 fully saturated rings. The maximum absolute atomic E-state index is 12.7. The van der Waals surface area contributed by atoms with Crippen molar-refractivity contribution in [3.8, 4) is 0 Å². The monoisotopic (exact) mass is 357 g/mol. The third-order valence-corrected chi connectivity index (χ3v) is 5.25. The molecule has 1 saturated carbocycles. The van der Waals surface area contributed by atoms with Gasteiger partial charge in [0.05, 0.1) is 12.6 Å². The molecule has 0 unspecified atom stereocenters. The lowest BCUT2D eigenvalue weighted by atomic mass is 9.86. The number of nitrogens with one attached hydrogen (secondary N) is 1. The lowest BCUT2D eigenvalue weighted by Crippen LogP contribution is -2.51. The average molecular weight is 357 g/mol. The summed E-state index contributed by atoms with van der Waals surface area (Å²) in [5.74, 6) is 0.215. The van der Waals surface area contributed by atoms with E-state index in [1.165, 1.54) is 29.9 Å². The summed E-state index contributed by atoms with van der Waals surface area (Å²) in [7, 11) is 0. The van der Waals surface area contributed by atoms with Gasteiger partial charge in [0.2, 0.25) is 0 Å². The molecular weight excluding hydrogens is 334 g/mol. The number of rotatable bonds is 5. The summed E-state index contributed by atoms with van der Waals surface area (Å²) in [5, 5.41) is 2.95. The first kappa shape index (κ1) is 17.2. The minimum Gasteiger partial charge on any atom is -0.379 e. The largest absolute Gasteiger partial charge is 0.379 e. The zero-order chi connectivity index (χ0) is 17.9. The minimum absolute atomic E-state index is 0.0398. The molecule has 2 atom stereocenters. The van der Waals surface area contributed by atoms with Gasteiger partial charge >= 0.3 is 0 Å². The Morgan fingerprint density at radius 2 is 2.23 bits per heavy atom. The maximum Gasteiger partial charge on any atom is 0.270 e. The van der Waals surface area contributed by atoms with Gasteiger partial charge < -0.3 is 14.8 Å². The standard InChI is InChI=1S/C19H23N3O4/c23-18(14-10-20-17-6-1-2-8-22(17)19(14)24)21-15-7-9-25-12-16(15)26-11-13-4-3-5-13/h1-2,6,8,10,13,15-16H,3-5,7,9,11-12H2,(H,21,23)/t15-,16-/m1/s1. The van der Waals surface area contributed by atoms with Crippen LogP contribution in [0.5, 0.6) is 0 Å². The summed E-state index contributed by atoms with van der Waals surface area (Å²) in [6.45, 7) is 1.75. The van der Waals surface area contributed by atoms with Gasteiger partial charge in [0.1, 0.15) is 17.3 Å². The molecule has 1 aliphatic heterocycles. The molecule has 0 radical (unpaired) electrons. The zero-order valence-electron chi connectivity index (χ0n) is 14.6. The molecule has 26 heavy (non-hydrogen) atoms. The number of carbonyl (C=O) groups is 1. The normalized spacial score (nSPS) is 23.5. The molecular formula is C19H23N3O4. The third kappa shape index (κ3) is 3.50. The van der Waals surface area contributed by atoms with Crippen LogP contribution in [0.4, 0.5) is 0 Å². The number of nitrogens with zero attached hydrogens (tertiary/aromatic N) is 2. The summed E-state index contributed by atoms with van der Waals surface area (Å²) < 4.78 is 12.9. The van der Waals surface area contributed by atoms with Crippen LogP contribution in [0.1, 0.15) is 36.0 Å². The van der Waals surface area contributed by atoms with E-state index in [0.717, 1.165) is 0 Å². The zero-order valence-corrected chi connectivity index (χ0v) is 14.6. The molecule has 1 N–H and O–H groups in total. The van der Waals surface area contributed by atoms with E-state index in [9.17, 15) is 9.59 Å². The van der Waals surface area contributed by atoms with Crippen molar-refractivity contribution < 1.29 is 14.3 Å². The third-order valence-electron chi connectivity index (χ3n) is 5.25. The second-order valence-electron chi connectivity index (χ2n) is 7.02. The van der Waals surface area contributed by atoms with Crippen molar-refractivity contribution in [2.45, 2.75) is 37.8 Å². The van der Waals surface area contributed by atoms with Crippen LogP contribution in [-0.2, 0) is 9.47 Å². The number of aromatic nitrogens is 2. The smallest absolute Gasteiger partial charge is 0.270 e. The van der Waals surface area contributed by atoms with Crippen molar-refractivity contribution in [3.05, 3.63) is 46.5 Å². The van der Waals surface area contributed by atoms with E-state index in [-0.39, 0.29) is 23.3 Å². The van der Waals surface area contributed by atoms with Crippen LogP contribution < -0.4 is 10.9 Å². The fourth-order valence-corrected chi connectivity index (χ4v) is 3.39. The van der Waals surface area contributed by atoms with Gasteiger partial charge in [-0.3, -0.25) is 14.0 Å². The van der Waals surface area contributed by atoms with Gasteiger partial charge in [-0.1, -0.05) is 12.5 Å². The van der Waals surface area contributed by atoms with E-state index < -0.39 is 5.91 Å². The van der Waals surface area contributed by atoms with Gasteiger partial charge in [-0.25, -0.2) is 4.98 Å². The molecule has 0 aromatic carbocycles. The topological polar surface area (TPSA) is 81.9 Å². The Bertz CT molecular complexity index is 846. The lowest BCUT2D eigenvalue weighted by Gasteiger charge is -2.34. The van der Waals surface area contributed by atoms with Crippen molar-refractivity contribution in [1.29, 1.82) is 0 Å². The quantitative estimate of drug-likeness (QED) is 0.875. The molecule has 3 heterocycles. The van der Waals surface area contributed by atoms with Crippen molar-refractivity contribution in [3.63, 3.8) is 0 Å². The molecule has 1 amide bonds. The van der Waals surface area contributed by atoms with E-state index in [1.807, 2.05) is 0 Å². The van der Waals surface area contributed by atoms with Crippen molar-refractivity contribution in [2.75, 3.05) is 19.8 Å². The predicted molar refractivity (Wildman–Crippen MR) is 95.2 cm³/mol. The Hall–Kier alpha value is -2.25. The van der Waals surface area contributed by atoms with E-state index in [4.69, 9.17) is 9.47 Å². The second-order valence-corrected chi connectivity index (χ2v) is 7.02. The highest BCUT2D eigenvalue weighted by molar-refractivity contribution is 5.94. The number of hydrogen-bond donors (Lipinski definition) is 1. The summed E-state index contributed by atoms with van der Waals surface area (Å²) in [6, 6.07) is 5.10. The number of pyridine rings is 1. The van der Waals surface area contributed by atoms with Crippen molar-refractivity contribution in [1.82, 2.24) is 14.7 Å². The summed E-state index contributed by atoms with van der Waals surface area (Å²) >= 11 is 0. The molecule has 0 bridgehead atoms. The first-order valence-electron chi connectivity index (χ1n) is 9.19. The number of carbonyl (C=O) groups excluding carboxylic acids is 1. The molecule has 138 valence electrons. The molecule has 7 nitrogen and oxygen atoms in total. The first-order valence-corrected chi connectivity index (χ1v) is 9.19. The lowest BCUT2D eigenvalue weighted by molar-refractivity contribution is -0.0819. The van der Waals surface area contributed by atoms with E-state index in [1.54, 1.807) is 24.4 Å². The molecule has 2 aliphatic rings. The van der Waals surface area contributed by atoms with E-state index >= 15 is 0 Å². The average Bonchev–Trinajstić information content (AvgIpc) is 2.62. The van der Waals surface area contributed by atoms with Gasteiger partial charge in [0.15, 0.2) is 0 Å². The van der Waals surface area contributed by atoms with Crippen LogP contribution in [-0.4, -0.2) is 47.3 Å². The summed E-state index contributed by atoms with van der Waals surface area (Å²) in [6.07, 6.45) is 7.15. The van der Waals surface area contributed by atoms with E-state index in [0.29, 0.717) is 37.8 Å². The van der Waals surface area contributed by atoms with Crippen molar-refractivity contribution in [2.24, 2.45) is 5.92 Å². The fraction of sp³-hybridized carbons (Fsp3) is 0.526. The Morgan fingerprint density at radius 3 is 3.04 bits per heavy atom. The van der Waals surface area contributed by atoms with Gasteiger partial charge in [-0.05, 0) is 37.3 Å². The number of fused-ring (bicyclic) bond motifs is 1. The number of amides is 1. The van der Waals surface area contributed by atoms with Crippen LogP contribution in [0.3, 0.4) is 0 Å². The summed E-state index contributed by atoms with van der Waals surface area (Å²) in [4.78, 5) is 29.4. The summed E-state index contributed by atoms with van der Waals surface area (Å²) in [5.41, 5.74) is 0.187. The molecule has 7 heteroatoms. The van der Waals surface area contributed by atoms with Crippen LogP contribution >= 0.6 is 0 Å². The van der Waals surface area contributed by atoms with Gasteiger partial charge in [-0.15, -0.1) is 0 Å². The first-order chi connectivity index (χ1) is 12.7. The Labute approximate surface area is 151 Å². The molecule has 1 aliphatic carbocycles. The predicted octanol–water partition coefficient (Wildman–Crippen LogP) is 1.40.